The lowest BCUT2D eigenvalue weighted by atomic mass is 10.2. The van der Waals surface area contributed by atoms with Gasteiger partial charge in [0.15, 0.2) is 5.11 Å². The Kier molecular flexibility index (Phi) is 7.71. The molecular formula is C15H10Br2I2N2O2S. The summed E-state index contributed by atoms with van der Waals surface area (Å²) in [4.78, 5) is 12.4. The number of nitrogens with one attached hydrogen (secondary N) is 2. The van der Waals surface area contributed by atoms with Crippen molar-refractivity contribution in [3.63, 3.8) is 0 Å². The Hall–Kier alpha value is 0.0200. The van der Waals surface area contributed by atoms with E-state index in [-0.39, 0.29) is 11.0 Å². The highest BCUT2D eigenvalue weighted by atomic mass is 127. The molecule has 9 heteroatoms. The van der Waals surface area contributed by atoms with E-state index in [2.05, 4.69) is 87.7 Å². The van der Waals surface area contributed by atoms with Gasteiger partial charge in [0.2, 0.25) is 0 Å². The van der Waals surface area contributed by atoms with E-state index in [4.69, 9.17) is 17.0 Å². The van der Waals surface area contributed by atoms with Gasteiger partial charge in [-0.1, -0.05) is 0 Å². The number of rotatable bonds is 3. The molecule has 0 bridgehead atoms. The summed E-state index contributed by atoms with van der Waals surface area (Å²) in [6.45, 7) is 0. The lowest BCUT2D eigenvalue weighted by Crippen LogP contribution is -2.34. The van der Waals surface area contributed by atoms with Crippen molar-refractivity contribution >= 4 is 106 Å². The summed E-state index contributed by atoms with van der Waals surface area (Å²) in [7, 11) is 1.60. The number of methoxy groups -OCH3 is 1. The average Bonchev–Trinajstić information content (AvgIpc) is 2.50. The molecule has 0 heterocycles. The zero-order chi connectivity index (χ0) is 17.9. The van der Waals surface area contributed by atoms with Crippen LogP contribution >= 0.6 is 89.3 Å². The molecule has 0 radical (unpaired) electrons. The monoisotopic (exact) mass is 694 g/mol. The van der Waals surface area contributed by atoms with Crippen molar-refractivity contribution in [2.24, 2.45) is 0 Å². The molecule has 0 aliphatic carbocycles. The van der Waals surface area contributed by atoms with Gasteiger partial charge in [-0.25, -0.2) is 0 Å². The number of hydrogen-bond acceptors (Lipinski definition) is 3. The number of benzene rings is 2. The molecule has 2 aromatic carbocycles. The molecule has 0 saturated heterocycles. The van der Waals surface area contributed by atoms with E-state index >= 15 is 0 Å². The van der Waals surface area contributed by atoms with Crippen molar-refractivity contribution in [1.29, 1.82) is 0 Å². The van der Waals surface area contributed by atoms with Crippen LogP contribution in [0.3, 0.4) is 0 Å². The number of thiocarbonyl (C=S) groups is 1. The second kappa shape index (κ2) is 9.10. The standard InChI is InChI=1S/C15H10Br2I2N2O2S/c1-23-12-3-2-8(6-10(12)16)20-15(24)21-14(22)9-4-7(18)5-11(19)13(9)17/h2-6H,1H3,(H2,20,21,22,24). The minimum atomic E-state index is -0.275. The molecule has 2 aromatic rings. The molecule has 2 rings (SSSR count). The number of anilines is 1. The summed E-state index contributed by atoms with van der Waals surface area (Å²) in [6.07, 6.45) is 0. The van der Waals surface area contributed by atoms with E-state index in [0.717, 1.165) is 21.8 Å². The maximum atomic E-state index is 12.4. The van der Waals surface area contributed by atoms with Crippen LogP contribution in [0.5, 0.6) is 5.75 Å². The lowest BCUT2D eigenvalue weighted by Gasteiger charge is -2.12. The zero-order valence-electron chi connectivity index (χ0n) is 12.1. The summed E-state index contributed by atoms with van der Waals surface area (Å²) >= 11 is 16.4. The molecule has 0 unspecified atom stereocenters. The summed E-state index contributed by atoms with van der Waals surface area (Å²) in [5, 5.41) is 5.88. The van der Waals surface area contributed by atoms with Gasteiger partial charge in [-0.15, -0.1) is 0 Å². The molecule has 126 valence electrons. The molecule has 0 fully saturated rings. The second-order valence-electron chi connectivity index (χ2n) is 4.51. The summed E-state index contributed by atoms with van der Waals surface area (Å²) in [6, 6.07) is 9.21. The molecule has 1 amide bonds. The maximum Gasteiger partial charge on any atom is 0.258 e. The van der Waals surface area contributed by atoms with Crippen LogP contribution in [0.2, 0.25) is 0 Å². The highest BCUT2D eigenvalue weighted by Crippen LogP contribution is 2.28. The predicted molar refractivity (Wildman–Crippen MR) is 124 cm³/mol. The van der Waals surface area contributed by atoms with Gasteiger partial charge in [0.05, 0.1) is 17.1 Å². The van der Waals surface area contributed by atoms with E-state index in [0.29, 0.717) is 11.3 Å². The largest absolute Gasteiger partial charge is 0.496 e. The van der Waals surface area contributed by atoms with Crippen molar-refractivity contribution in [2.45, 2.75) is 0 Å². The Morgan fingerprint density at radius 1 is 1.21 bits per heavy atom. The molecule has 2 N–H and O–H groups in total. The molecule has 0 aromatic heterocycles. The second-order valence-corrected chi connectivity index (χ2v) is 8.97. The molecule has 24 heavy (non-hydrogen) atoms. The Morgan fingerprint density at radius 3 is 2.54 bits per heavy atom. The molecule has 0 spiro atoms. The minimum Gasteiger partial charge on any atom is -0.496 e. The normalized spacial score (nSPS) is 10.2. The first-order valence-electron chi connectivity index (χ1n) is 6.42. The molecule has 0 aliphatic rings. The van der Waals surface area contributed by atoms with Crippen molar-refractivity contribution in [2.75, 3.05) is 12.4 Å². The number of carbonyl (C=O) groups excluding carboxylic acids is 1. The number of hydrogen-bond donors (Lipinski definition) is 2. The number of ether oxygens (including phenoxy) is 1. The highest BCUT2D eigenvalue weighted by molar-refractivity contribution is 14.1. The van der Waals surface area contributed by atoms with E-state index in [9.17, 15) is 4.79 Å². The first kappa shape index (κ1) is 20.3. The van der Waals surface area contributed by atoms with Crippen molar-refractivity contribution in [3.8, 4) is 5.75 Å². The van der Waals surface area contributed by atoms with Gasteiger partial charge in [-0.3, -0.25) is 10.1 Å². The minimum absolute atomic E-state index is 0.220. The molecule has 0 atom stereocenters. The first-order chi connectivity index (χ1) is 11.3. The van der Waals surface area contributed by atoms with Crippen LogP contribution in [0.25, 0.3) is 0 Å². The maximum absolute atomic E-state index is 12.4. The topological polar surface area (TPSA) is 50.4 Å². The molecular weight excluding hydrogens is 686 g/mol. The number of halogens is 4. The SMILES string of the molecule is COc1ccc(NC(=S)NC(=O)c2cc(I)cc(I)c2Br)cc1Br. The Bertz CT molecular complexity index is 818. The molecule has 4 nitrogen and oxygen atoms in total. The van der Waals surface area contributed by atoms with Gasteiger partial charge in [0.1, 0.15) is 5.75 Å². The van der Waals surface area contributed by atoms with Crippen LogP contribution < -0.4 is 15.4 Å². The van der Waals surface area contributed by atoms with Gasteiger partial charge in [-0.2, -0.15) is 0 Å². The van der Waals surface area contributed by atoms with Gasteiger partial charge in [0.25, 0.3) is 5.91 Å². The quantitative estimate of drug-likeness (QED) is 0.251. The first-order valence-corrected chi connectivity index (χ1v) is 10.6. The summed E-state index contributed by atoms with van der Waals surface area (Å²) < 4.78 is 8.65. The lowest BCUT2D eigenvalue weighted by molar-refractivity contribution is 0.0977. The highest BCUT2D eigenvalue weighted by Gasteiger charge is 2.15. The molecule has 0 aliphatic heterocycles. The van der Waals surface area contributed by atoms with Gasteiger partial charge < -0.3 is 10.1 Å². The van der Waals surface area contributed by atoms with Crippen molar-refractivity contribution < 1.29 is 9.53 Å². The van der Waals surface area contributed by atoms with E-state index in [1.165, 1.54) is 0 Å². The van der Waals surface area contributed by atoms with Crippen LogP contribution in [0.15, 0.2) is 39.3 Å². The fourth-order valence-corrected chi connectivity index (χ4v) is 4.80. The van der Waals surface area contributed by atoms with Crippen molar-refractivity contribution in [3.05, 3.63) is 52.0 Å². The average molecular weight is 696 g/mol. The van der Waals surface area contributed by atoms with E-state index < -0.39 is 0 Å². The van der Waals surface area contributed by atoms with Crippen LogP contribution in [0.1, 0.15) is 10.4 Å². The van der Waals surface area contributed by atoms with Crippen LogP contribution in [-0.2, 0) is 0 Å². The predicted octanol–water partition coefficient (Wildman–Crippen LogP) is 5.56. The number of amides is 1. The van der Waals surface area contributed by atoms with Crippen LogP contribution in [0.4, 0.5) is 5.69 Å². The third-order valence-electron chi connectivity index (χ3n) is 2.87. The van der Waals surface area contributed by atoms with Crippen LogP contribution in [0, 0.1) is 7.14 Å². The smallest absolute Gasteiger partial charge is 0.258 e. The zero-order valence-corrected chi connectivity index (χ0v) is 20.4. The van der Waals surface area contributed by atoms with Crippen molar-refractivity contribution in [1.82, 2.24) is 5.32 Å². The third kappa shape index (κ3) is 5.26. The third-order valence-corrected chi connectivity index (χ3v) is 6.77. The van der Waals surface area contributed by atoms with Gasteiger partial charge in [-0.05, 0) is 120 Å². The summed E-state index contributed by atoms with van der Waals surface area (Å²) in [5.41, 5.74) is 1.27. The number of carbonyl (C=O) groups is 1. The molecule has 0 saturated carbocycles. The van der Waals surface area contributed by atoms with E-state index in [1.54, 1.807) is 19.2 Å². The summed E-state index contributed by atoms with van der Waals surface area (Å²) in [5.74, 6) is 0.441. The fourth-order valence-electron chi connectivity index (χ4n) is 1.80. The Morgan fingerprint density at radius 2 is 1.92 bits per heavy atom. The van der Waals surface area contributed by atoms with Crippen LogP contribution in [-0.4, -0.2) is 18.1 Å². The Balaban J connectivity index is 2.10. The van der Waals surface area contributed by atoms with E-state index in [1.807, 2.05) is 18.2 Å². The van der Waals surface area contributed by atoms with Gasteiger partial charge in [0, 0.05) is 17.3 Å². The van der Waals surface area contributed by atoms with Gasteiger partial charge >= 0.3 is 0 Å². The fraction of sp³-hybridized carbons (Fsp3) is 0.0667. The Labute approximate surface area is 189 Å².